The Hall–Kier alpha value is -3.30. The molecule has 1 aromatic carbocycles. The molecule has 0 aliphatic heterocycles. The molecule has 26 heavy (non-hydrogen) atoms. The number of aromatic nitrogens is 2. The first kappa shape index (κ1) is 17.5. The van der Waals surface area contributed by atoms with Gasteiger partial charge in [-0.15, -0.1) is 0 Å². The molecule has 2 aromatic heterocycles. The highest BCUT2D eigenvalue weighted by Crippen LogP contribution is 2.14. The van der Waals surface area contributed by atoms with E-state index in [0.717, 1.165) is 11.3 Å². The van der Waals surface area contributed by atoms with Gasteiger partial charge in [-0.3, -0.25) is 4.79 Å². The molecule has 132 valence electrons. The maximum absolute atomic E-state index is 12.3. The number of aliphatic hydroxyl groups is 1. The molecule has 3 rings (SSSR count). The Morgan fingerprint density at radius 3 is 2.85 bits per heavy atom. The van der Waals surface area contributed by atoms with Gasteiger partial charge in [0.05, 0.1) is 12.0 Å². The van der Waals surface area contributed by atoms with Gasteiger partial charge in [0, 0.05) is 18.9 Å². The number of amides is 1. The maximum Gasteiger partial charge on any atom is 0.287 e. The van der Waals surface area contributed by atoms with E-state index in [2.05, 4.69) is 22.1 Å². The van der Waals surface area contributed by atoms with E-state index in [-0.39, 0.29) is 11.7 Å². The van der Waals surface area contributed by atoms with Crippen LogP contribution in [-0.4, -0.2) is 26.2 Å². The lowest BCUT2D eigenvalue weighted by Gasteiger charge is -2.10. The zero-order chi connectivity index (χ0) is 18.6. The number of nitrogens with zero attached hydrogens (tertiary/aromatic N) is 2. The van der Waals surface area contributed by atoms with Gasteiger partial charge in [-0.05, 0) is 43.5 Å². The van der Waals surface area contributed by atoms with Crippen LogP contribution in [0.5, 0.6) is 0 Å². The van der Waals surface area contributed by atoms with E-state index in [4.69, 9.17) is 4.42 Å². The zero-order valence-corrected chi connectivity index (χ0v) is 14.6. The Bertz CT molecular complexity index is 954. The van der Waals surface area contributed by atoms with Crippen LogP contribution in [0.1, 0.15) is 35.7 Å². The molecule has 6 heteroatoms. The van der Waals surface area contributed by atoms with Crippen molar-refractivity contribution in [3.63, 3.8) is 0 Å². The summed E-state index contributed by atoms with van der Waals surface area (Å²) >= 11 is 0. The summed E-state index contributed by atoms with van der Waals surface area (Å²) in [4.78, 5) is 16.4. The van der Waals surface area contributed by atoms with Crippen molar-refractivity contribution in [2.45, 2.75) is 26.0 Å². The van der Waals surface area contributed by atoms with Gasteiger partial charge in [0.2, 0.25) is 0 Å². The molecule has 0 unspecified atom stereocenters. The number of nitrogens with one attached hydrogen (secondary N) is 1. The van der Waals surface area contributed by atoms with Crippen molar-refractivity contribution < 1.29 is 14.3 Å². The predicted molar refractivity (Wildman–Crippen MR) is 96.6 cm³/mol. The number of hydrogen-bond acceptors (Lipinski definition) is 4. The monoisotopic (exact) mass is 349 g/mol. The molecule has 0 saturated heterocycles. The van der Waals surface area contributed by atoms with E-state index >= 15 is 0 Å². The Kier molecular flexibility index (Phi) is 4.92. The second kappa shape index (κ2) is 7.30. The molecule has 1 amide bonds. The Labute approximate surface area is 151 Å². The molecule has 3 aromatic rings. The molecule has 0 fully saturated rings. The number of furan rings is 1. The number of hydrogen-bond donors (Lipinski definition) is 2. The lowest BCUT2D eigenvalue weighted by molar-refractivity contribution is 0.0922. The molecular weight excluding hydrogens is 330 g/mol. The summed E-state index contributed by atoms with van der Waals surface area (Å²) in [6, 6.07) is 10.9. The van der Waals surface area contributed by atoms with Gasteiger partial charge in [0.25, 0.3) is 5.91 Å². The molecule has 0 bridgehead atoms. The molecule has 6 nitrogen and oxygen atoms in total. The summed E-state index contributed by atoms with van der Waals surface area (Å²) in [7, 11) is 0. The molecule has 0 aliphatic carbocycles. The SMILES string of the molecule is CC(C)(O)C#Cc1ccc(C(=O)NCc2ccccc2-n2ccnc2)o1. The van der Waals surface area contributed by atoms with Crippen LogP contribution >= 0.6 is 0 Å². The first-order valence-electron chi connectivity index (χ1n) is 8.12. The third kappa shape index (κ3) is 4.41. The van der Waals surface area contributed by atoms with Crippen molar-refractivity contribution in [3.8, 4) is 17.5 Å². The standard InChI is InChI=1S/C20H19N3O3/c1-20(2,25)10-9-16-7-8-18(26-16)19(24)22-13-15-5-3-4-6-17(15)23-12-11-21-14-23/h3-8,11-12,14,25H,13H2,1-2H3,(H,22,24). The van der Waals surface area contributed by atoms with Crippen LogP contribution in [0.2, 0.25) is 0 Å². The minimum Gasteiger partial charge on any atom is -0.443 e. The van der Waals surface area contributed by atoms with Crippen molar-refractivity contribution in [3.05, 3.63) is 72.2 Å². The minimum absolute atomic E-state index is 0.171. The number of carbonyl (C=O) groups excluding carboxylic acids is 1. The van der Waals surface area contributed by atoms with Gasteiger partial charge < -0.3 is 19.4 Å². The van der Waals surface area contributed by atoms with E-state index < -0.39 is 5.60 Å². The van der Waals surface area contributed by atoms with Crippen molar-refractivity contribution in [1.82, 2.24) is 14.9 Å². The number of benzene rings is 1. The second-order valence-corrected chi connectivity index (χ2v) is 6.25. The predicted octanol–water partition coefficient (Wildman–Crippen LogP) is 2.52. The van der Waals surface area contributed by atoms with E-state index in [9.17, 15) is 9.90 Å². The summed E-state index contributed by atoms with van der Waals surface area (Å²) in [6.45, 7) is 3.50. The average Bonchev–Trinajstić information content (AvgIpc) is 3.29. The van der Waals surface area contributed by atoms with Crippen LogP contribution in [0.4, 0.5) is 0 Å². The van der Waals surface area contributed by atoms with Crippen LogP contribution in [0.25, 0.3) is 5.69 Å². The van der Waals surface area contributed by atoms with Crippen molar-refractivity contribution in [2.24, 2.45) is 0 Å². The van der Waals surface area contributed by atoms with Gasteiger partial charge in [-0.25, -0.2) is 4.98 Å². The van der Waals surface area contributed by atoms with Gasteiger partial charge in [0.1, 0.15) is 5.60 Å². The summed E-state index contributed by atoms with van der Waals surface area (Å²) in [5, 5.41) is 12.4. The molecule has 2 N–H and O–H groups in total. The first-order valence-corrected chi connectivity index (χ1v) is 8.12. The van der Waals surface area contributed by atoms with Crippen molar-refractivity contribution >= 4 is 5.91 Å². The lowest BCUT2D eigenvalue weighted by Crippen LogP contribution is -2.23. The lowest BCUT2D eigenvalue weighted by atomic mass is 10.1. The van der Waals surface area contributed by atoms with Crippen molar-refractivity contribution in [1.29, 1.82) is 0 Å². The molecule has 0 radical (unpaired) electrons. The molecule has 0 aliphatic rings. The summed E-state index contributed by atoms with van der Waals surface area (Å²) in [5.74, 6) is 5.52. The second-order valence-electron chi connectivity index (χ2n) is 6.25. The Balaban J connectivity index is 1.69. The van der Waals surface area contributed by atoms with E-state index in [0.29, 0.717) is 12.3 Å². The highest BCUT2D eigenvalue weighted by molar-refractivity contribution is 5.91. The fourth-order valence-corrected chi connectivity index (χ4v) is 2.32. The highest BCUT2D eigenvalue weighted by Gasteiger charge is 2.12. The summed E-state index contributed by atoms with van der Waals surface area (Å²) in [5.41, 5.74) is 0.778. The molecule has 2 heterocycles. The van der Waals surface area contributed by atoms with Gasteiger partial charge in [0.15, 0.2) is 11.5 Å². The topological polar surface area (TPSA) is 80.3 Å². The minimum atomic E-state index is -1.12. The van der Waals surface area contributed by atoms with Crippen LogP contribution in [0.3, 0.4) is 0 Å². The first-order chi connectivity index (χ1) is 12.4. The van der Waals surface area contributed by atoms with Gasteiger partial charge in [-0.2, -0.15) is 0 Å². The molecule has 0 atom stereocenters. The average molecular weight is 349 g/mol. The summed E-state index contributed by atoms with van der Waals surface area (Å²) in [6.07, 6.45) is 5.26. The number of rotatable bonds is 4. The van der Waals surface area contributed by atoms with Crippen LogP contribution in [0.15, 0.2) is 59.5 Å². The number of imidazole rings is 1. The van der Waals surface area contributed by atoms with Crippen LogP contribution in [-0.2, 0) is 6.54 Å². The fourth-order valence-electron chi connectivity index (χ4n) is 2.32. The fraction of sp³-hybridized carbons (Fsp3) is 0.200. The quantitative estimate of drug-likeness (QED) is 0.709. The largest absolute Gasteiger partial charge is 0.443 e. The molecule has 0 saturated carbocycles. The third-order valence-electron chi connectivity index (χ3n) is 3.53. The van der Waals surface area contributed by atoms with Crippen LogP contribution < -0.4 is 5.32 Å². The molecular formula is C20H19N3O3. The van der Waals surface area contributed by atoms with Gasteiger partial charge >= 0.3 is 0 Å². The van der Waals surface area contributed by atoms with E-state index in [1.165, 1.54) is 0 Å². The highest BCUT2D eigenvalue weighted by atomic mass is 16.3. The summed E-state index contributed by atoms with van der Waals surface area (Å²) < 4.78 is 7.31. The smallest absolute Gasteiger partial charge is 0.287 e. The normalized spacial score (nSPS) is 10.9. The van der Waals surface area contributed by atoms with Gasteiger partial charge in [-0.1, -0.05) is 24.1 Å². The van der Waals surface area contributed by atoms with E-state index in [1.54, 1.807) is 38.5 Å². The maximum atomic E-state index is 12.3. The van der Waals surface area contributed by atoms with Crippen LogP contribution in [0, 0.1) is 11.8 Å². The Morgan fingerprint density at radius 1 is 1.31 bits per heavy atom. The Morgan fingerprint density at radius 2 is 2.12 bits per heavy atom. The van der Waals surface area contributed by atoms with Crippen molar-refractivity contribution in [2.75, 3.05) is 0 Å². The molecule has 0 spiro atoms. The number of carbonyl (C=O) groups is 1. The van der Waals surface area contributed by atoms with E-state index in [1.807, 2.05) is 35.0 Å². The zero-order valence-electron chi connectivity index (χ0n) is 14.6. The third-order valence-corrected chi connectivity index (χ3v) is 3.53. The number of para-hydroxylation sites is 1.